The van der Waals surface area contributed by atoms with E-state index >= 15 is 0 Å². The van der Waals surface area contributed by atoms with Gasteiger partial charge in [-0.05, 0) is 30.9 Å². The predicted octanol–water partition coefficient (Wildman–Crippen LogP) is 2.75. The number of hydrogen-bond acceptors (Lipinski definition) is 6. The molecule has 24 heavy (non-hydrogen) atoms. The average Bonchev–Trinajstić information content (AvgIpc) is 2.98. The number of carbonyl (C=O) groups is 1. The molecular weight excluding hydrogens is 348 g/mol. The van der Waals surface area contributed by atoms with E-state index in [1.54, 1.807) is 6.92 Å². The van der Waals surface area contributed by atoms with E-state index in [4.69, 9.17) is 4.74 Å². The molecule has 0 spiro atoms. The summed E-state index contributed by atoms with van der Waals surface area (Å²) in [6.07, 6.45) is 1.53. The number of aromatic nitrogens is 1. The number of carbonyl (C=O) groups excluding carboxylic acids is 1. The third-order valence-corrected chi connectivity index (χ3v) is 5.51. The molecule has 0 aliphatic carbocycles. The summed E-state index contributed by atoms with van der Waals surface area (Å²) in [6, 6.07) is 7.85. The van der Waals surface area contributed by atoms with Crippen LogP contribution in [-0.2, 0) is 39.0 Å². The molecule has 0 fully saturated rings. The van der Waals surface area contributed by atoms with Gasteiger partial charge in [0.1, 0.15) is 6.61 Å². The fourth-order valence-corrected chi connectivity index (χ4v) is 3.55. The second-order valence-electron chi connectivity index (χ2n) is 5.25. The number of esters is 1. The lowest BCUT2D eigenvalue weighted by molar-refractivity contribution is -0.142. The van der Waals surface area contributed by atoms with Gasteiger partial charge in [0.05, 0.1) is 11.4 Å². The van der Waals surface area contributed by atoms with Crippen molar-refractivity contribution in [2.75, 3.05) is 10.5 Å². The molecule has 8 heteroatoms. The summed E-state index contributed by atoms with van der Waals surface area (Å²) >= 11 is 1.29. The van der Waals surface area contributed by atoms with E-state index in [2.05, 4.69) is 9.71 Å². The van der Waals surface area contributed by atoms with Crippen molar-refractivity contribution in [2.45, 2.75) is 33.3 Å². The molecule has 0 saturated heterocycles. The van der Waals surface area contributed by atoms with Gasteiger partial charge in [0, 0.05) is 12.3 Å². The number of nitrogens with zero attached hydrogens (tertiary/aromatic N) is 1. The average molecular weight is 368 g/mol. The monoisotopic (exact) mass is 368 g/mol. The van der Waals surface area contributed by atoms with E-state index < -0.39 is 10.0 Å². The summed E-state index contributed by atoms with van der Waals surface area (Å²) in [5.74, 6) is -0.265. The van der Waals surface area contributed by atoms with Crippen LogP contribution in [0.3, 0.4) is 0 Å². The Kier molecular flexibility index (Phi) is 6.33. The van der Waals surface area contributed by atoms with Gasteiger partial charge in [-0.15, -0.1) is 11.3 Å². The third-order valence-electron chi connectivity index (χ3n) is 3.31. The lowest BCUT2D eigenvalue weighted by Crippen LogP contribution is -2.14. The van der Waals surface area contributed by atoms with Gasteiger partial charge in [-0.2, -0.15) is 0 Å². The van der Waals surface area contributed by atoms with Crippen molar-refractivity contribution < 1.29 is 17.9 Å². The number of thiazole rings is 1. The van der Waals surface area contributed by atoms with Crippen LogP contribution < -0.4 is 4.72 Å². The van der Waals surface area contributed by atoms with E-state index in [0.717, 1.165) is 29.7 Å². The molecule has 130 valence electrons. The molecule has 0 saturated carbocycles. The molecule has 0 aliphatic heterocycles. The van der Waals surface area contributed by atoms with E-state index in [1.165, 1.54) is 18.3 Å². The van der Waals surface area contributed by atoms with Crippen LogP contribution >= 0.6 is 11.3 Å². The maximum Gasteiger partial charge on any atom is 0.302 e. The van der Waals surface area contributed by atoms with Gasteiger partial charge >= 0.3 is 5.97 Å². The molecular formula is C16H20N2O4S2. The molecule has 6 nitrogen and oxygen atoms in total. The summed E-state index contributed by atoms with van der Waals surface area (Å²) in [5.41, 5.74) is 2.95. The molecule has 0 aliphatic rings. The molecule has 1 N–H and O–H groups in total. The molecule has 1 heterocycles. The summed E-state index contributed by atoms with van der Waals surface area (Å²) in [6.45, 7) is 3.25. The third kappa shape index (κ3) is 5.93. The quantitative estimate of drug-likeness (QED) is 0.724. The molecule has 0 amide bonds. The molecule has 0 atom stereocenters. The fraction of sp³-hybridized carbons (Fsp3) is 0.375. The predicted molar refractivity (Wildman–Crippen MR) is 94.5 cm³/mol. The highest BCUT2D eigenvalue weighted by Gasteiger charge is 2.10. The molecule has 0 bridgehead atoms. The van der Waals surface area contributed by atoms with Crippen LogP contribution in [-0.4, -0.2) is 25.1 Å². The number of benzene rings is 1. The maximum absolute atomic E-state index is 11.5. The zero-order chi connectivity index (χ0) is 17.6. The Bertz CT molecular complexity index is 783. The minimum atomic E-state index is -3.28. The number of hydrogen-bond donors (Lipinski definition) is 1. The van der Waals surface area contributed by atoms with Crippen molar-refractivity contribution >= 4 is 32.5 Å². The van der Waals surface area contributed by atoms with E-state index in [-0.39, 0.29) is 18.3 Å². The lowest BCUT2D eigenvalue weighted by atomic mass is 10.1. The number of aryl methyl sites for hydroxylation is 2. The molecule has 0 unspecified atom stereocenters. The summed E-state index contributed by atoms with van der Waals surface area (Å²) in [4.78, 5) is 15.1. The first-order valence-electron chi connectivity index (χ1n) is 7.54. The van der Waals surface area contributed by atoms with Gasteiger partial charge in [0.25, 0.3) is 0 Å². The van der Waals surface area contributed by atoms with Crippen LogP contribution in [0.2, 0.25) is 0 Å². The Morgan fingerprint density at radius 3 is 2.50 bits per heavy atom. The van der Waals surface area contributed by atoms with Crippen LogP contribution in [0.25, 0.3) is 0 Å². The highest BCUT2D eigenvalue weighted by atomic mass is 32.2. The van der Waals surface area contributed by atoms with E-state index in [9.17, 15) is 13.2 Å². The normalized spacial score (nSPS) is 11.2. The minimum absolute atomic E-state index is 0.0294. The van der Waals surface area contributed by atoms with Gasteiger partial charge in [-0.3, -0.25) is 9.52 Å². The van der Waals surface area contributed by atoms with Crippen molar-refractivity contribution in [3.8, 4) is 0 Å². The van der Waals surface area contributed by atoms with Gasteiger partial charge in [0.2, 0.25) is 10.0 Å². The minimum Gasteiger partial charge on any atom is -0.461 e. The van der Waals surface area contributed by atoms with E-state index in [1.807, 2.05) is 29.6 Å². The van der Waals surface area contributed by atoms with Crippen LogP contribution in [0.15, 0.2) is 29.6 Å². The highest BCUT2D eigenvalue weighted by molar-refractivity contribution is 7.92. The van der Waals surface area contributed by atoms with Crippen molar-refractivity contribution in [3.05, 3.63) is 46.5 Å². The summed E-state index contributed by atoms with van der Waals surface area (Å²) in [7, 11) is -3.28. The van der Waals surface area contributed by atoms with Gasteiger partial charge in [0.15, 0.2) is 5.13 Å². The first-order valence-corrected chi connectivity index (χ1v) is 10.1. The van der Waals surface area contributed by atoms with Crippen molar-refractivity contribution in [2.24, 2.45) is 0 Å². The molecule has 1 aromatic carbocycles. The Balaban J connectivity index is 1.87. The van der Waals surface area contributed by atoms with Gasteiger partial charge in [-0.1, -0.05) is 24.3 Å². The second-order valence-corrected chi connectivity index (χ2v) is 8.12. The van der Waals surface area contributed by atoms with Crippen LogP contribution in [0, 0.1) is 0 Å². The smallest absolute Gasteiger partial charge is 0.302 e. The van der Waals surface area contributed by atoms with Gasteiger partial charge in [-0.25, -0.2) is 13.4 Å². The van der Waals surface area contributed by atoms with Crippen molar-refractivity contribution in [3.63, 3.8) is 0 Å². The lowest BCUT2D eigenvalue weighted by Gasteiger charge is -2.04. The first kappa shape index (κ1) is 18.4. The number of nitrogens with one attached hydrogen (secondary N) is 1. The second kappa shape index (κ2) is 8.25. The zero-order valence-corrected chi connectivity index (χ0v) is 15.2. The van der Waals surface area contributed by atoms with E-state index in [0.29, 0.717) is 5.13 Å². The number of anilines is 1. The first-order chi connectivity index (χ1) is 11.4. The van der Waals surface area contributed by atoms with Gasteiger partial charge < -0.3 is 4.74 Å². The standard InChI is InChI=1S/C16H20N2O4S2/c1-3-24(20,21)18-16-17-15(11-23-16)9-8-13-4-6-14(7-5-13)10-22-12(2)19/h4-7,11H,3,8-10H2,1-2H3,(H,17,18). The Morgan fingerprint density at radius 2 is 1.88 bits per heavy atom. The fourth-order valence-electron chi connectivity index (χ4n) is 1.93. The van der Waals surface area contributed by atoms with Crippen molar-refractivity contribution in [1.29, 1.82) is 0 Å². The largest absolute Gasteiger partial charge is 0.461 e. The molecule has 0 radical (unpaired) electrons. The number of sulfonamides is 1. The number of ether oxygens (including phenoxy) is 1. The SMILES string of the molecule is CCS(=O)(=O)Nc1nc(CCc2ccc(COC(C)=O)cc2)cs1. The van der Waals surface area contributed by atoms with Crippen LogP contribution in [0.1, 0.15) is 30.7 Å². The molecule has 2 rings (SSSR count). The van der Waals surface area contributed by atoms with Crippen LogP contribution in [0.4, 0.5) is 5.13 Å². The molecule has 1 aromatic heterocycles. The zero-order valence-electron chi connectivity index (χ0n) is 13.6. The number of rotatable bonds is 8. The van der Waals surface area contributed by atoms with Crippen molar-refractivity contribution in [1.82, 2.24) is 4.98 Å². The summed E-state index contributed by atoms with van der Waals surface area (Å²) < 4.78 is 30.4. The molecule has 2 aromatic rings. The Morgan fingerprint density at radius 1 is 1.21 bits per heavy atom. The van der Waals surface area contributed by atoms with Crippen LogP contribution in [0.5, 0.6) is 0 Å². The Hall–Kier alpha value is -1.93. The summed E-state index contributed by atoms with van der Waals surface area (Å²) in [5, 5.41) is 2.27. The maximum atomic E-state index is 11.5. The highest BCUT2D eigenvalue weighted by Crippen LogP contribution is 2.18. The Labute approximate surface area is 145 Å². The topological polar surface area (TPSA) is 85.4 Å².